The Bertz CT molecular complexity index is 646. The van der Waals surface area contributed by atoms with E-state index in [0.717, 1.165) is 39.3 Å². The van der Waals surface area contributed by atoms with E-state index in [1.807, 2.05) is 51.3 Å². The molecule has 1 rings (SSSR count). The van der Waals surface area contributed by atoms with E-state index in [0.29, 0.717) is 19.4 Å². The van der Waals surface area contributed by atoms with Crippen molar-refractivity contribution in [3.63, 3.8) is 0 Å². The Morgan fingerprint density at radius 3 is 2.00 bits per heavy atom. The summed E-state index contributed by atoms with van der Waals surface area (Å²) in [6, 6.07) is -0.179. The van der Waals surface area contributed by atoms with Crippen LogP contribution in [0.4, 0.5) is 0 Å². The van der Waals surface area contributed by atoms with Gasteiger partial charge >= 0.3 is 0 Å². The summed E-state index contributed by atoms with van der Waals surface area (Å²) in [5.74, 6) is 0. The zero-order valence-electron chi connectivity index (χ0n) is 26.5. The summed E-state index contributed by atoms with van der Waals surface area (Å²) in [5, 5.41) is 39.1. The van der Waals surface area contributed by atoms with E-state index in [1.54, 1.807) is 0 Å². The van der Waals surface area contributed by atoms with E-state index < -0.39 is 36.7 Å². The Morgan fingerprint density at radius 2 is 1.55 bits per heavy atom. The minimum Gasteiger partial charge on any atom is -0.394 e. The number of nitrogens with one attached hydrogen (secondary N) is 1. The SMILES string of the molecule is CCN(CC)CC(O)C(CO)(C(O)C(OCCN)N(C(N)CCCN)C(C)N1CCNCC1)N(C(C)C)C(C)C. The molecule has 0 aliphatic carbocycles. The first-order valence-electron chi connectivity index (χ1n) is 15.4. The molecule has 10 N–H and O–H groups in total. The molecule has 12 nitrogen and oxygen atoms in total. The molecule has 1 aliphatic heterocycles. The molecule has 12 heteroatoms. The Labute approximate surface area is 244 Å². The van der Waals surface area contributed by atoms with Crippen LogP contribution in [0.25, 0.3) is 0 Å². The second-order valence-electron chi connectivity index (χ2n) is 11.6. The zero-order valence-corrected chi connectivity index (χ0v) is 26.5. The summed E-state index contributed by atoms with van der Waals surface area (Å²) in [4.78, 5) is 8.46. The highest BCUT2D eigenvalue weighted by Crippen LogP contribution is 2.34. The lowest BCUT2D eigenvalue weighted by Gasteiger charge is -2.56. The molecule has 240 valence electrons. The first-order chi connectivity index (χ1) is 19.0. The summed E-state index contributed by atoms with van der Waals surface area (Å²) in [5.41, 5.74) is 17.2. The maximum atomic E-state index is 12.5. The van der Waals surface area contributed by atoms with Crippen LogP contribution in [0, 0.1) is 0 Å². The van der Waals surface area contributed by atoms with Gasteiger partial charge in [-0.2, -0.15) is 0 Å². The monoisotopic (exact) mass is 577 g/mol. The highest BCUT2D eigenvalue weighted by molar-refractivity contribution is 5.08. The summed E-state index contributed by atoms with van der Waals surface area (Å²) in [6.45, 7) is 19.8. The van der Waals surface area contributed by atoms with Gasteiger partial charge in [-0.05, 0) is 67.1 Å². The van der Waals surface area contributed by atoms with Crippen molar-refractivity contribution in [1.29, 1.82) is 0 Å². The van der Waals surface area contributed by atoms with Crippen LogP contribution in [0.2, 0.25) is 0 Å². The number of aliphatic hydroxyl groups excluding tert-OH is 3. The fourth-order valence-electron chi connectivity index (χ4n) is 6.42. The first-order valence-corrected chi connectivity index (χ1v) is 15.4. The lowest BCUT2D eigenvalue weighted by atomic mass is 9.80. The standard InChI is InChI=1S/C28H64N8O4/c1-8-33(9-2)19-24(38)28(20-37,36(21(3)4)22(5)6)26(39)27(40-18-13-30)35(25(31)11-10-12-29)23(7)34-16-14-32-15-17-34/h21-27,32,37-39H,8-20,29-31H2,1-7H3. The molecule has 0 bridgehead atoms. The largest absolute Gasteiger partial charge is 0.394 e. The van der Waals surface area contributed by atoms with Gasteiger partial charge in [-0.3, -0.25) is 9.80 Å². The fourth-order valence-corrected chi connectivity index (χ4v) is 6.42. The van der Waals surface area contributed by atoms with Crippen LogP contribution in [-0.4, -0.2) is 155 Å². The molecule has 0 aromatic heterocycles. The maximum absolute atomic E-state index is 12.5. The summed E-state index contributed by atoms with van der Waals surface area (Å²) in [7, 11) is 0. The van der Waals surface area contributed by atoms with Crippen molar-refractivity contribution < 1.29 is 20.1 Å². The van der Waals surface area contributed by atoms with Gasteiger partial charge in [0.2, 0.25) is 0 Å². The lowest BCUT2D eigenvalue weighted by Crippen LogP contribution is -2.76. The van der Waals surface area contributed by atoms with Crippen LogP contribution in [-0.2, 0) is 4.74 Å². The van der Waals surface area contributed by atoms with E-state index in [4.69, 9.17) is 21.9 Å². The van der Waals surface area contributed by atoms with Crippen molar-refractivity contribution in [2.24, 2.45) is 17.2 Å². The second-order valence-corrected chi connectivity index (χ2v) is 11.6. The molecule has 0 amide bonds. The van der Waals surface area contributed by atoms with Crippen molar-refractivity contribution in [1.82, 2.24) is 24.9 Å². The van der Waals surface area contributed by atoms with Crippen LogP contribution in [0.15, 0.2) is 0 Å². The molecule has 0 aromatic carbocycles. The van der Waals surface area contributed by atoms with Crippen LogP contribution in [0.5, 0.6) is 0 Å². The van der Waals surface area contributed by atoms with Crippen molar-refractivity contribution in [2.75, 3.05) is 72.1 Å². The predicted octanol–water partition coefficient (Wildman–Crippen LogP) is -1.22. The predicted molar refractivity (Wildman–Crippen MR) is 163 cm³/mol. The molecule has 0 aromatic rings. The molecule has 1 aliphatic rings. The summed E-state index contributed by atoms with van der Waals surface area (Å²) >= 11 is 0. The van der Waals surface area contributed by atoms with Gasteiger partial charge in [-0.25, -0.2) is 4.90 Å². The number of hydrogen-bond acceptors (Lipinski definition) is 12. The van der Waals surface area contributed by atoms with Gasteiger partial charge in [0.05, 0.1) is 31.6 Å². The molecule has 40 heavy (non-hydrogen) atoms. The summed E-state index contributed by atoms with van der Waals surface area (Å²) in [6.07, 6.45) is -2.70. The molecular weight excluding hydrogens is 512 g/mol. The molecule has 6 atom stereocenters. The number of piperazine rings is 1. The molecule has 1 fully saturated rings. The van der Waals surface area contributed by atoms with E-state index in [-0.39, 0.29) is 37.9 Å². The molecule has 0 radical (unpaired) electrons. The number of nitrogens with two attached hydrogens (primary N) is 3. The van der Waals surface area contributed by atoms with Gasteiger partial charge in [0.25, 0.3) is 0 Å². The van der Waals surface area contributed by atoms with Crippen LogP contribution in [0.3, 0.4) is 0 Å². The van der Waals surface area contributed by atoms with E-state index in [9.17, 15) is 15.3 Å². The molecule has 0 saturated carbocycles. The van der Waals surface area contributed by atoms with E-state index in [2.05, 4.69) is 22.0 Å². The number of hydrogen-bond donors (Lipinski definition) is 7. The average molecular weight is 577 g/mol. The molecule has 6 unspecified atom stereocenters. The number of aliphatic hydroxyl groups is 3. The number of nitrogens with zero attached hydrogens (tertiary/aromatic N) is 4. The lowest BCUT2D eigenvalue weighted by molar-refractivity contribution is -0.238. The van der Waals surface area contributed by atoms with Crippen molar-refractivity contribution in [3.8, 4) is 0 Å². The molecule has 1 heterocycles. The maximum Gasteiger partial charge on any atom is 0.141 e. The average Bonchev–Trinajstić information content (AvgIpc) is 2.94. The van der Waals surface area contributed by atoms with E-state index >= 15 is 0 Å². The van der Waals surface area contributed by atoms with Crippen molar-refractivity contribution >= 4 is 0 Å². The Morgan fingerprint density at radius 1 is 0.975 bits per heavy atom. The van der Waals surface area contributed by atoms with Gasteiger partial charge in [0, 0.05) is 51.4 Å². The Hall–Kier alpha value is -0.480. The normalized spacial score (nSPS) is 20.9. The van der Waals surface area contributed by atoms with Gasteiger partial charge < -0.3 is 47.5 Å². The third-order valence-corrected chi connectivity index (χ3v) is 8.43. The van der Waals surface area contributed by atoms with Crippen molar-refractivity contribution in [2.45, 2.75) is 110 Å². The minimum atomic E-state index is -1.45. The fraction of sp³-hybridized carbons (Fsp3) is 1.00. The van der Waals surface area contributed by atoms with Gasteiger partial charge in [-0.1, -0.05) is 13.8 Å². The smallest absolute Gasteiger partial charge is 0.141 e. The number of ether oxygens (including phenoxy) is 1. The molecule has 0 spiro atoms. The third-order valence-electron chi connectivity index (χ3n) is 8.43. The highest BCUT2D eigenvalue weighted by atomic mass is 16.5. The van der Waals surface area contributed by atoms with Gasteiger partial charge in [0.1, 0.15) is 17.9 Å². The Kier molecular flexibility index (Phi) is 17.8. The molecule has 1 saturated heterocycles. The van der Waals surface area contributed by atoms with E-state index in [1.165, 1.54) is 0 Å². The topological polar surface area (TPSA) is 173 Å². The number of likely N-dealkylation sites (N-methyl/N-ethyl adjacent to an activating group) is 1. The Balaban J connectivity index is 3.78. The van der Waals surface area contributed by atoms with Crippen LogP contribution >= 0.6 is 0 Å². The second kappa shape index (κ2) is 18.9. The van der Waals surface area contributed by atoms with Crippen molar-refractivity contribution in [3.05, 3.63) is 0 Å². The third kappa shape index (κ3) is 9.51. The van der Waals surface area contributed by atoms with Crippen LogP contribution < -0.4 is 22.5 Å². The minimum absolute atomic E-state index is 0.0896. The van der Waals surface area contributed by atoms with Gasteiger partial charge in [0.15, 0.2) is 0 Å². The van der Waals surface area contributed by atoms with Crippen LogP contribution in [0.1, 0.15) is 61.3 Å². The highest BCUT2D eigenvalue weighted by Gasteiger charge is 2.56. The zero-order chi connectivity index (χ0) is 30.5. The first kappa shape index (κ1) is 37.5. The number of rotatable bonds is 21. The van der Waals surface area contributed by atoms with Gasteiger partial charge in [-0.15, -0.1) is 0 Å². The summed E-state index contributed by atoms with van der Waals surface area (Å²) < 4.78 is 6.39. The quantitative estimate of drug-likeness (QED) is 0.0813. The molecular formula is C28H64N8O4.